The number of hydrogen-bond donors (Lipinski definition) is 1. The number of benzene rings is 2. The van der Waals surface area contributed by atoms with E-state index in [1.807, 2.05) is 6.92 Å². The van der Waals surface area contributed by atoms with Crippen LogP contribution in [0.1, 0.15) is 16.1 Å². The van der Waals surface area contributed by atoms with E-state index in [4.69, 9.17) is 9.47 Å². The van der Waals surface area contributed by atoms with Gasteiger partial charge in [-0.1, -0.05) is 6.07 Å². The number of hydrogen-bond acceptors (Lipinski definition) is 4. The number of amides is 1. The van der Waals surface area contributed by atoms with Crippen LogP contribution in [-0.2, 0) is 6.73 Å². The zero-order chi connectivity index (χ0) is 18.5. The van der Waals surface area contributed by atoms with Gasteiger partial charge in [0, 0.05) is 6.20 Å². The van der Waals surface area contributed by atoms with E-state index in [1.54, 1.807) is 55.8 Å². The second-order valence-corrected chi connectivity index (χ2v) is 5.63. The van der Waals surface area contributed by atoms with Gasteiger partial charge in [0.05, 0.1) is 12.8 Å². The van der Waals surface area contributed by atoms with Gasteiger partial charge in [-0.25, -0.2) is 9.07 Å². The van der Waals surface area contributed by atoms with Crippen molar-refractivity contribution in [3.63, 3.8) is 0 Å². The zero-order valence-electron chi connectivity index (χ0n) is 14.4. The van der Waals surface area contributed by atoms with Crippen molar-refractivity contribution in [2.24, 2.45) is 0 Å². The first-order valence-electron chi connectivity index (χ1n) is 7.93. The molecule has 0 aliphatic heterocycles. The van der Waals surface area contributed by atoms with Crippen LogP contribution in [0.15, 0.2) is 54.7 Å². The fraction of sp³-hybridized carbons (Fsp3) is 0.158. The van der Waals surface area contributed by atoms with Gasteiger partial charge in [0.2, 0.25) is 0 Å². The summed E-state index contributed by atoms with van der Waals surface area (Å²) in [6, 6.07) is 13.2. The molecule has 0 saturated heterocycles. The molecular formula is C19H18FN3O3. The summed E-state index contributed by atoms with van der Waals surface area (Å²) < 4.78 is 25.9. The number of aromatic nitrogens is 2. The molecule has 1 amide bonds. The Kier molecular flexibility index (Phi) is 5.17. The molecule has 0 spiro atoms. The van der Waals surface area contributed by atoms with Gasteiger partial charge in [-0.05, 0) is 55.0 Å². The van der Waals surface area contributed by atoms with Crippen LogP contribution < -0.4 is 14.8 Å². The summed E-state index contributed by atoms with van der Waals surface area (Å²) in [5.74, 6) is 0.400. The summed E-state index contributed by atoms with van der Waals surface area (Å²) in [6.07, 6.45) is 1.62. The molecule has 0 radical (unpaired) electrons. The van der Waals surface area contributed by atoms with E-state index in [0.717, 1.165) is 11.3 Å². The van der Waals surface area contributed by atoms with Crippen molar-refractivity contribution in [1.82, 2.24) is 9.78 Å². The number of aryl methyl sites for hydroxylation is 1. The van der Waals surface area contributed by atoms with E-state index in [1.165, 1.54) is 10.7 Å². The minimum atomic E-state index is -0.494. The van der Waals surface area contributed by atoms with Crippen LogP contribution in [0.2, 0.25) is 0 Å². The van der Waals surface area contributed by atoms with Crippen molar-refractivity contribution in [1.29, 1.82) is 0 Å². The summed E-state index contributed by atoms with van der Waals surface area (Å²) in [6.45, 7) is 1.96. The Labute approximate surface area is 150 Å². The third-order valence-corrected chi connectivity index (χ3v) is 3.67. The molecule has 0 unspecified atom stereocenters. The van der Waals surface area contributed by atoms with Crippen LogP contribution >= 0.6 is 0 Å². The fourth-order valence-electron chi connectivity index (χ4n) is 2.29. The summed E-state index contributed by atoms with van der Waals surface area (Å²) in [5, 5.41) is 6.66. The molecule has 6 nitrogen and oxygen atoms in total. The summed E-state index contributed by atoms with van der Waals surface area (Å²) in [7, 11) is 1.59. The molecule has 0 saturated carbocycles. The van der Waals surface area contributed by atoms with Crippen LogP contribution in [0, 0.1) is 12.7 Å². The van der Waals surface area contributed by atoms with Gasteiger partial charge < -0.3 is 14.8 Å². The van der Waals surface area contributed by atoms with Gasteiger partial charge in [0.1, 0.15) is 17.3 Å². The molecule has 3 aromatic rings. The Bertz CT molecular complexity index is 907. The third-order valence-electron chi connectivity index (χ3n) is 3.67. The molecule has 1 aromatic heterocycles. The molecule has 0 aliphatic rings. The number of methoxy groups -OCH3 is 1. The van der Waals surface area contributed by atoms with Crippen LogP contribution in [0.25, 0.3) is 0 Å². The number of halogens is 1. The molecule has 134 valence electrons. The number of anilines is 1. The Morgan fingerprint density at radius 2 is 1.88 bits per heavy atom. The maximum Gasteiger partial charge on any atom is 0.276 e. The smallest absolute Gasteiger partial charge is 0.276 e. The van der Waals surface area contributed by atoms with E-state index in [2.05, 4.69) is 10.4 Å². The number of ether oxygens (including phenoxy) is 2. The summed E-state index contributed by atoms with van der Waals surface area (Å²) in [4.78, 5) is 12.2. The molecule has 0 bridgehead atoms. The van der Waals surface area contributed by atoms with Crippen LogP contribution in [0.3, 0.4) is 0 Å². The average molecular weight is 355 g/mol. The van der Waals surface area contributed by atoms with E-state index >= 15 is 0 Å². The van der Waals surface area contributed by atoms with Gasteiger partial charge in [0.15, 0.2) is 12.4 Å². The molecule has 1 N–H and O–H groups in total. The lowest BCUT2D eigenvalue weighted by Crippen LogP contribution is -2.15. The molecule has 0 fully saturated rings. The highest BCUT2D eigenvalue weighted by atomic mass is 19.1. The Morgan fingerprint density at radius 1 is 1.15 bits per heavy atom. The third kappa shape index (κ3) is 4.18. The minimum absolute atomic E-state index is 0.124. The lowest BCUT2D eigenvalue weighted by Gasteiger charge is -2.07. The second-order valence-electron chi connectivity index (χ2n) is 5.63. The number of carbonyl (C=O) groups excluding carboxylic acids is 1. The maximum absolute atomic E-state index is 13.7. The van der Waals surface area contributed by atoms with Crippen molar-refractivity contribution in [3.8, 4) is 11.5 Å². The van der Waals surface area contributed by atoms with Gasteiger partial charge in [-0.3, -0.25) is 4.79 Å². The number of carbonyl (C=O) groups is 1. The first-order valence-corrected chi connectivity index (χ1v) is 7.93. The Hall–Kier alpha value is -3.35. The van der Waals surface area contributed by atoms with Crippen LogP contribution in [0.4, 0.5) is 10.1 Å². The Balaban J connectivity index is 1.61. The topological polar surface area (TPSA) is 65.4 Å². The highest BCUT2D eigenvalue weighted by molar-refractivity contribution is 6.02. The molecule has 7 heteroatoms. The van der Waals surface area contributed by atoms with Gasteiger partial charge in [-0.2, -0.15) is 5.10 Å². The Morgan fingerprint density at radius 3 is 2.62 bits per heavy atom. The molecule has 3 rings (SSSR count). The van der Waals surface area contributed by atoms with Crippen molar-refractivity contribution in [2.45, 2.75) is 13.7 Å². The molecule has 0 atom stereocenters. The first-order chi connectivity index (χ1) is 12.5. The lowest BCUT2D eigenvalue weighted by atomic mass is 10.2. The predicted octanol–water partition coefficient (Wildman–Crippen LogP) is 3.63. The highest BCUT2D eigenvalue weighted by Gasteiger charge is 2.12. The van der Waals surface area contributed by atoms with Crippen LogP contribution in [-0.4, -0.2) is 22.8 Å². The molecule has 1 heterocycles. The SMILES string of the molecule is COc1ccc(OCn2ccc(C(=O)Nc3cc(C)ccc3F)n2)cc1. The van der Waals surface area contributed by atoms with E-state index in [9.17, 15) is 9.18 Å². The average Bonchev–Trinajstić information content (AvgIpc) is 3.12. The minimum Gasteiger partial charge on any atom is -0.497 e. The molecule has 0 aliphatic carbocycles. The maximum atomic E-state index is 13.7. The van der Waals surface area contributed by atoms with Crippen LogP contribution in [0.5, 0.6) is 11.5 Å². The van der Waals surface area contributed by atoms with Crippen molar-refractivity contribution < 1.29 is 18.7 Å². The van der Waals surface area contributed by atoms with Crippen molar-refractivity contribution >= 4 is 11.6 Å². The number of rotatable bonds is 6. The van der Waals surface area contributed by atoms with Crippen molar-refractivity contribution in [3.05, 3.63) is 71.8 Å². The van der Waals surface area contributed by atoms with E-state index in [0.29, 0.717) is 5.75 Å². The van der Waals surface area contributed by atoms with Crippen molar-refractivity contribution in [2.75, 3.05) is 12.4 Å². The van der Waals surface area contributed by atoms with Gasteiger partial charge in [0.25, 0.3) is 5.91 Å². The standard InChI is InChI=1S/C19H18FN3O3/c1-13-3-8-16(20)18(11-13)21-19(24)17-9-10-23(22-17)12-26-15-6-4-14(25-2)5-7-15/h3-11H,12H2,1-2H3,(H,21,24). The summed E-state index contributed by atoms with van der Waals surface area (Å²) in [5.41, 5.74) is 1.14. The number of nitrogens with zero attached hydrogens (tertiary/aromatic N) is 2. The number of nitrogens with one attached hydrogen (secondary N) is 1. The molecule has 26 heavy (non-hydrogen) atoms. The van der Waals surface area contributed by atoms with Gasteiger partial charge >= 0.3 is 0 Å². The quantitative estimate of drug-likeness (QED) is 0.733. The van der Waals surface area contributed by atoms with Gasteiger partial charge in [-0.15, -0.1) is 0 Å². The summed E-state index contributed by atoms with van der Waals surface area (Å²) >= 11 is 0. The predicted molar refractivity (Wildman–Crippen MR) is 94.9 cm³/mol. The lowest BCUT2D eigenvalue weighted by molar-refractivity contribution is 0.101. The first kappa shape index (κ1) is 17.5. The second kappa shape index (κ2) is 7.69. The van der Waals surface area contributed by atoms with E-state index in [-0.39, 0.29) is 18.1 Å². The normalized spacial score (nSPS) is 10.4. The molecular weight excluding hydrogens is 337 g/mol. The monoisotopic (exact) mass is 355 g/mol. The molecule has 2 aromatic carbocycles. The fourth-order valence-corrected chi connectivity index (χ4v) is 2.29. The highest BCUT2D eigenvalue weighted by Crippen LogP contribution is 2.18. The zero-order valence-corrected chi connectivity index (χ0v) is 14.4. The largest absolute Gasteiger partial charge is 0.497 e. The van der Waals surface area contributed by atoms with E-state index < -0.39 is 11.7 Å².